The van der Waals surface area contributed by atoms with Gasteiger partial charge in [-0.05, 0) is 24.5 Å². The van der Waals surface area contributed by atoms with Gasteiger partial charge in [-0.2, -0.15) is 0 Å². The molecule has 0 bridgehead atoms. The van der Waals surface area contributed by atoms with E-state index in [2.05, 4.69) is 10.6 Å². The van der Waals surface area contributed by atoms with E-state index in [4.69, 9.17) is 0 Å². The highest BCUT2D eigenvalue weighted by Gasteiger charge is 2.29. The van der Waals surface area contributed by atoms with Crippen molar-refractivity contribution in [3.8, 4) is 0 Å². The number of piperazine rings is 1. The molecule has 2 rings (SSSR count). The van der Waals surface area contributed by atoms with E-state index >= 15 is 0 Å². The van der Waals surface area contributed by atoms with Gasteiger partial charge in [0.15, 0.2) is 0 Å². The van der Waals surface area contributed by atoms with E-state index in [0.29, 0.717) is 18.7 Å². The number of aryl methyl sites for hydroxylation is 1. The number of rotatable bonds is 4. The second-order valence-electron chi connectivity index (χ2n) is 6.09. The van der Waals surface area contributed by atoms with Crippen LogP contribution in [0.15, 0.2) is 24.3 Å². The fourth-order valence-electron chi connectivity index (χ4n) is 2.64. The maximum atomic E-state index is 12.7. The van der Waals surface area contributed by atoms with Gasteiger partial charge in [0.25, 0.3) is 5.91 Å². The lowest BCUT2D eigenvalue weighted by Crippen LogP contribution is -2.55. The lowest BCUT2D eigenvalue weighted by molar-refractivity contribution is -0.134. The number of carbonyl (C=O) groups excluding carboxylic acids is 2. The lowest BCUT2D eigenvalue weighted by atomic mass is 10.0. The van der Waals surface area contributed by atoms with Crippen LogP contribution in [0.1, 0.15) is 29.8 Å². The van der Waals surface area contributed by atoms with Crippen molar-refractivity contribution in [1.29, 1.82) is 0 Å². The van der Waals surface area contributed by atoms with E-state index in [1.54, 1.807) is 6.07 Å². The van der Waals surface area contributed by atoms with E-state index in [1.807, 2.05) is 43.9 Å². The summed E-state index contributed by atoms with van der Waals surface area (Å²) in [5, 5.41) is 6.15. The molecule has 1 aromatic carbocycles. The number of hydrogen-bond donors (Lipinski definition) is 2. The summed E-state index contributed by atoms with van der Waals surface area (Å²) in [4.78, 5) is 27.0. The molecule has 0 radical (unpaired) electrons. The van der Waals surface area contributed by atoms with Crippen molar-refractivity contribution in [3.63, 3.8) is 0 Å². The Balaban J connectivity index is 0.00000264. The van der Waals surface area contributed by atoms with Crippen molar-refractivity contribution >= 4 is 24.2 Å². The minimum atomic E-state index is -0.481. The quantitative estimate of drug-likeness (QED) is 0.876. The molecule has 0 saturated carbocycles. The summed E-state index contributed by atoms with van der Waals surface area (Å²) in [7, 11) is 0. The Labute approximate surface area is 144 Å². The summed E-state index contributed by atoms with van der Waals surface area (Å²) in [6.07, 6.45) is 0. The Bertz CT molecular complexity index is 542. The van der Waals surface area contributed by atoms with Gasteiger partial charge < -0.3 is 15.5 Å². The Hall–Kier alpha value is -1.59. The zero-order valence-electron chi connectivity index (χ0n) is 14.0. The van der Waals surface area contributed by atoms with Gasteiger partial charge in [0, 0.05) is 31.7 Å². The molecule has 128 valence electrons. The topological polar surface area (TPSA) is 61.4 Å². The summed E-state index contributed by atoms with van der Waals surface area (Å²) >= 11 is 0. The van der Waals surface area contributed by atoms with Gasteiger partial charge >= 0.3 is 0 Å². The first-order valence-corrected chi connectivity index (χ1v) is 7.86. The van der Waals surface area contributed by atoms with Gasteiger partial charge in [0.2, 0.25) is 5.91 Å². The average Bonchev–Trinajstić information content (AvgIpc) is 2.52. The largest absolute Gasteiger partial charge is 0.340 e. The number of nitrogens with one attached hydrogen (secondary N) is 2. The SMILES string of the molecule is Cc1ccccc1C(=O)NC(C(=O)N1CCNCC1)C(C)C.Cl. The molecule has 1 aromatic rings. The van der Waals surface area contributed by atoms with Gasteiger partial charge in [-0.25, -0.2) is 0 Å². The summed E-state index contributed by atoms with van der Waals surface area (Å²) < 4.78 is 0. The minimum Gasteiger partial charge on any atom is -0.340 e. The monoisotopic (exact) mass is 339 g/mol. The summed E-state index contributed by atoms with van der Waals surface area (Å²) in [6.45, 7) is 8.83. The maximum Gasteiger partial charge on any atom is 0.252 e. The number of halogens is 1. The van der Waals surface area contributed by atoms with Crippen molar-refractivity contribution in [2.24, 2.45) is 5.92 Å². The Morgan fingerprint density at radius 2 is 1.78 bits per heavy atom. The third kappa shape index (κ3) is 4.94. The molecule has 1 aliphatic rings. The van der Waals surface area contributed by atoms with Crippen molar-refractivity contribution in [3.05, 3.63) is 35.4 Å². The second kappa shape index (κ2) is 8.89. The van der Waals surface area contributed by atoms with E-state index in [1.165, 1.54) is 0 Å². The molecular formula is C17H26ClN3O2. The van der Waals surface area contributed by atoms with Crippen LogP contribution in [0.2, 0.25) is 0 Å². The normalized spacial score (nSPS) is 15.7. The fourth-order valence-corrected chi connectivity index (χ4v) is 2.64. The molecule has 1 aliphatic heterocycles. The van der Waals surface area contributed by atoms with Gasteiger partial charge in [-0.15, -0.1) is 12.4 Å². The Morgan fingerprint density at radius 1 is 1.17 bits per heavy atom. The molecule has 0 aromatic heterocycles. The van der Waals surface area contributed by atoms with Crippen LogP contribution in [0.25, 0.3) is 0 Å². The first-order chi connectivity index (χ1) is 10.5. The standard InChI is InChI=1S/C17H25N3O2.ClH/c1-12(2)15(17(22)20-10-8-18-9-11-20)19-16(21)14-7-5-4-6-13(14)3;/h4-7,12,15,18H,8-11H2,1-3H3,(H,19,21);1H. The number of nitrogens with zero attached hydrogens (tertiary/aromatic N) is 1. The molecule has 1 saturated heterocycles. The molecule has 1 atom stereocenters. The van der Waals surface area contributed by atoms with Crippen molar-refractivity contribution in [1.82, 2.24) is 15.5 Å². The molecule has 1 fully saturated rings. The van der Waals surface area contributed by atoms with Crippen LogP contribution in [0.5, 0.6) is 0 Å². The number of carbonyl (C=O) groups is 2. The molecule has 6 heteroatoms. The fraction of sp³-hybridized carbons (Fsp3) is 0.529. The molecule has 2 N–H and O–H groups in total. The predicted molar refractivity (Wildman–Crippen MR) is 94.0 cm³/mol. The molecule has 0 spiro atoms. The van der Waals surface area contributed by atoms with Gasteiger partial charge in [-0.1, -0.05) is 32.0 Å². The van der Waals surface area contributed by atoms with Crippen LogP contribution in [-0.2, 0) is 4.79 Å². The minimum absolute atomic E-state index is 0. The van der Waals surface area contributed by atoms with E-state index in [0.717, 1.165) is 18.7 Å². The highest BCUT2D eigenvalue weighted by atomic mass is 35.5. The van der Waals surface area contributed by atoms with Crippen molar-refractivity contribution < 1.29 is 9.59 Å². The highest BCUT2D eigenvalue weighted by Crippen LogP contribution is 2.11. The van der Waals surface area contributed by atoms with Gasteiger partial charge in [0.05, 0.1) is 0 Å². The van der Waals surface area contributed by atoms with Crippen LogP contribution >= 0.6 is 12.4 Å². The Kier molecular flexibility index (Phi) is 7.52. The van der Waals surface area contributed by atoms with Crippen LogP contribution in [0.3, 0.4) is 0 Å². The molecule has 0 aliphatic carbocycles. The molecular weight excluding hydrogens is 314 g/mol. The lowest BCUT2D eigenvalue weighted by Gasteiger charge is -2.32. The smallest absolute Gasteiger partial charge is 0.252 e. The molecule has 5 nitrogen and oxygen atoms in total. The third-order valence-electron chi connectivity index (χ3n) is 4.04. The van der Waals surface area contributed by atoms with E-state index in [-0.39, 0.29) is 30.1 Å². The zero-order valence-corrected chi connectivity index (χ0v) is 14.8. The molecule has 1 heterocycles. The third-order valence-corrected chi connectivity index (χ3v) is 4.04. The Morgan fingerprint density at radius 3 is 2.35 bits per heavy atom. The van der Waals surface area contributed by atoms with Crippen LogP contribution in [0.4, 0.5) is 0 Å². The van der Waals surface area contributed by atoms with E-state index in [9.17, 15) is 9.59 Å². The summed E-state index contributed by atoms with van der Waals surface area (Å²) in [6, 6.07) is 6.95. The number of amides is 2. The molecule has 2 amide bonds. The molecule has 23 heavy (non-hydrogen) atoms. The first kappa shape index (κ1) is 19.5. The van der Waals surface area contributed by atoms with Gasteiger partial charge in [0.1, 0.15) is 6.04 Å². The predicted octanol–water partition coefficient (Wildman–Crippen LogP) is 1.60. The van der Waals surface area contributed by atoms with Crippen molar-refractivity contribution in [2.45, 2.75) is 26.8 Å². The van der Waals surface area contributed by atoms with E-state index < -0.39 is 6.04 Å². The van der Waals surface area contributed by atoms with Crippen molar-refractivity contribution in [2.75, 3.05) is 26.2 Å². The number of hydrogen-bond acceptors (Lipinski definition) is 3. The van der Waals surface area contributed by atoms with Crippen LogP contribution < -0.4 is 10.6 Å². The first-order valence-electron chi connectivity index (χ1n) is 7.86. The highest BCUT2D eigenvalue weighted by molar-refractivity contribution is 5.98. The van der Waals surface area contributed by atoms with Gasteiger partial charge in [-0.3, -0.25) is 9.59 Å². The zero-order chi connectivity index (χ0) is 16.1. The average molecular weight is 340 g/mol. The maximum absolute atomic E-state index is 12.7. The second-order valence-corrected chi connectivity index (χ2v) is 6.09. The summed E-state index contributed by atoms with van der Waals surface area (Å²) in [5.74, 6) is -0.117. The molecule has 1 unspecified atom stereocenters. The summed E-state index contributed by atoms with van der Waals surface area (Å²) in [5.41, 5.74) is 1.54. The van der Waals surface area contributed by atoms with Crippen LogP contribution in [0, 0.1) is 12.8 Å². The van der Waals surface area contributed by atoms with Crippen LogP contribution in [-0.4, -0.2) is 48.9 Å². The number of benzene rings is 1.